The first-order chi connectivity index (χ1) is 15.1. The third-order valence-corrected chi connectivity index (χ3v) is 6.77. The van der Waals surface area contributed by atoms with Crippen molar-refractivity contribution in [3.05, 3.63) is 63.8 Å². The molecule has 2 aromatic rings. The first-order valence-electron chi connectivity index (χ1n) is 10.4. The average molecular weight is 461 g/mol. The zero-order valence-corrected chi connectivity index (χ0v) is 18.3. The monoisotopic (exact) mass is 460 g/mol. The molecule has 3 aliphatic rings. The van der Waals surface area contributed by atoms with Gasteiger partial charge < -0.3 is 18.9 Å². The molecule has 162 valence electrons. The minimum Gasteiger partial charge on any atom is -0.496 e. The Balaban J connectivity index is 1.24. The van der Waals surface area contributed by atoms with E-state index < -0.39 is 0 Å². The van der Waals surface area contributed by atoms with E-state index in [0.717, 1.165) is 24.0 Å². The Morgan fingerprint density at radius 3 is 2.65 bits per heavy atom. The molecule has 0 bridgehead atoms. The standard InChI is InChI=1S/C24H22Cl2O5/c25-19-5-1-14(9-20(19)26)12-30-16-3-4-17-22(11-16)31-13-18(24(17)27)15-2-6-21-23(10-15)29-8-7-28-21/h1-2,5-6,9-10,13,16-17,22H,3-4,7-8,11-12H2. The van der Waals surface area contributed by atoms with E-state index >= 15 is 0 Å². The Labute approximate surface area is 190 Å². The Hall–Kier alpha value is -2.21. The highest BCUT2D eigenvalue weighted by atomic mass is 35.5. The molecule has 3 atom stereocenters. The van der Waals surface area contributed by atoms with Crippen LogP contribution < -0.4 is 9.47 Å². The van der Waals surface area contributed by atoms with Crippen molar-refractivity contribution in [1.29, 1.82) is 0 Å². The van der Waals surface area contributed by atoms with Crippen LogP contribution in [0.1, 0.15) is 30.4 Å². The normalized spacial score (nSPS) is 24.8. The van der Waals surface area contributed by atoms with E-state index in [2.05, 4.69) is 0 Å². The zero-order valence-electron chi connectivity index (χ0n) is 16.8. The Bertz CT molecular complexity index is 1030. The number of ketones is 1. The molecule has 1 aliphatic carbocycles. The molecule has 0 amide bonds. The lowest BCUT2D eigenvalue weighted by Gasteiger charge is -2.37. The van der Waals surface area contributed by atoms with Gasteiger partial charge in [0.2, 0.25) is 0 Å². The van der Waals surface area contributed by atoms with Crippen molar-refractivity contribution >= 4 is 34.6 Å². The lowest BCUT2D eigenvalue weighted by atomic mass is 9.78. The summed E-state index contributed by atoms with van der Waals surface area (Å²) in [5.74, 6) is 1.34. The number of halogens is 2. The molecule has 0 aromatic heterocycles. The topological polar surface area (TPSA) is 54.0 Å². The molecule has 0 N–H and O–H groups in total. The number of fused-ring (bicyclic) bond motifs is 2. The van der Waals surface area contributed by atoms with Crippen molar-refractivity contribution in [1.82, 2.24) is 0 Å². The van der Waals surface area contributed by atoms with Gasteiger partial charge in [-0.1, -0.05) is 35.3 Å². The van der Waals surface area contributed by atoms with Crippen LogP contribution in [-0.2, 0) is 20.9 Å². The molecule has 2 aliphatic heterocycles. The molecular weight excluding hydrogens is 439 g/mol. The van der Waals surface area contributed by atoms with Crippen LogP contribution in [0.4, 0.5) is 0 Å². The molecule has 31 heavy (non-hydrogen) atoms. The lowest BCUT2D eigenvalue weighted by Crippen LogP contribution is -2.41. The SMILES string of the molecule is O=C1C(c2ccc3c(c2)OCCO3)=COC2CC(OCc3ccc(Cl)c(Cl)c3)CCC12. The maximum Gasteiger partial charge on any atom is 0.173 e. The minimum absolute atomic E-state index is 0.0350. The van der Waals surface area contributed by atoms with Crippen molar-refractivity contribution in [2.24, 2.45) is 5.92 Å². The van der Waals surface area contributed by atoms with Crippen molar-refractivity contribution in [2.75, 3.05) is 13.2 Å². The second kappa shape index (κ2) is 8.73. The molecule has 0 saturated heterocycles. The predicted octanol–water partition coefficient (Wildman–Crippen LogP) is 5.46. The number of carbonyl (C=O) groups excluding carboxylic acids is 1. The van der Waals surface area contributed by atoms with E-state index in [0.29, 0.717) is 53.4 Å². The van der Waals surface area contributed by atoms with E-state index in [9.17, 15) is 4.79 Å². The van der Waals surface area contributed by atoms with Crippen molar-refractivity contribution < 1.29 is 23.7 Å². The molecule has 0 radical (unpaired) electrons. The highest BCUT2D eigenvalue weighted by Gasteiger charge is 2.40. The summed E-state index contributed by atoms with van der Waals surface area (Å²) < 4.78 is 23.3. The summed E-state index contributed by atoms with van der Waals surface area (Å²) in [5, 5.41) is 1.05. The van der Waals surface area contributed by atoms with Gasteiger partial charge >= 0.3 is 0 Å². The number of hydrogen-bond acceptors (Lipinski definition) is 5. The van der Waals surface area contributed by atoms with Crippen LogP contribution in [-0.4, -0.2) is 31.2 Å². The minimum atomic E-state index is -0.166. The summed E-state index contributed by atoms with van der Waals surface area (Å²) in [4.78, 5) is 13.2. The number of carbonyl (C=O) groups is 1. The van der Waals surface area contributed by atoms with Crippen molar-refractivity contribution in [2.45, 2.75) is 38.1 Å². The zero-order chi connectivity index (χ0) is 21.4. The maximum absolute atomic E-state index is 13.2. The predicted molar refractivity (Wildman–Crippen MR) is 118 cm³/mol. The van der Waals surface area contributed by atoms with Crippen LogP contribution in [0.25, 0.3) is 5.57 Å². The average Bonchev–Trinajstić information content (AvgIpc) is 2.80. The first kappa shape index (κ1) is 20.7. The number of Topliss-reactive ketones (excluding diaryl/α,β-unsaturated/α-hetero) is 1. The van der Waals surface area contributed by atoms with E-state index in [4.69, 9.17) is 42.1 Å². The molecule has 1 fully saturated rings. The Morgan fingerprint density at radius 1 is 0.968 bits per heavy atom. The molecule has 2 heterocycles. The summed E-state index contributed by atoms with van der Waals surface area (Å²) >= 11 is 12.1. The van der Waals surface area contributed by atoms with Gasteiger partial charge in [-0.3, -0.25) is 4.79 Å². The molecule has 3 unspecified atom stereocenters. The smallest absolute Gasteiger partial charge is 0.173 e. The molecule has 5 rings (SSSR count). The highest BCUT2D eigenvalue weighted by molar-refractivity contribution is 6.42. The highest BCUT2D eigenvalue weighted by Crippen LogP contribution is 2.40. The third kappa shape index (κ3) is 4.27. The summed E-state index contributed by atoms with van der Waals surface area (Å²) in [6.45, 7) is 1.49. The molecular formula is C24H22Cl2O5. The third-order valence-electron chi connectivity index (χ3n) is 6.03. The van der Waals surface area contributed by atoms with Crippen LogP contribution in [0.3, 0.4) is 0 Å². The first-order valence-corrected chi connectivity index (χ1v) is 11.2. The van der Waals surface area contributed by atoms with Gasteiger partial charge in [0.05, 0.1) is 40.5 Å². The van der Waals surface area contributed by atoms with Gasteiger partial charge in [0.25, 0.3) is 0 Å². The molecule has 7 heteroatoms. The maximum atomic E-state index is 13.2. The second-order valence-electron chi connectivity index (χ2n) is 8.03. The van der Waals surface area contributed by atoms with E-state index in [1.807, 2.05) is 30.3 Å². The fourth-order valence-corrected chi connectivity index (χ4v) is 4.69. The quantitative estimate of drug-likeness (QED) is 0.606. The van der Waals surface area contributed by atoms with E-state index in [1.54, 1.807) is 12.3 Å². The fourth-order valence-electron chi connectivity index (χ4n) is 4.37. The fraction of sp³-hybridized carbons (Fsp3) is 0.375. The number of rotatable bonds is 4. The lowest BCUT2D eigenvalue weighted by molar-refractivity contribution is -0.128. The molecule has 1 saturated carbocycles. The van der Waals surface area contributed by atoms with Gasteiger partial charge in [-0.2, -0.15) is 0 Å². The van der Waals surface area contributed by atoms with Crippen LogP contribution in [0.5, 0.6) is 11.5 Å². The van der Waals surface area contributed by atoms with Gasteiger partial charge in [-0.25, -0.2) is 0 Å². The Kier molecular flexibility index (Phi) is 5.83. The van der Waals surface area contributed by atoms with Crippen LogP contribution >= 0.6 is 23.2 Å². The molecule has 5 nitrogen and oxygen atoms in total. The van der Waals surface area contributed by atoms with Crippen molar-refractivity contribution in [3.63, 3.8) is 0 Å². The van der Waals surface area contributed by atoms with Crippen LogP contribution in [0, 0.1) is 5.92 Å². The van der Waals surface area contributed by atoms with E-state index in [-0.39, 0.29) is 23.9 Å². The molecule has 2 aromatic carbocycles. The van der Waals surface area contributed by atoms with Gasteiger partial charge in [0.15, 0.2) is 17.3 Å². The summed E-state index contributed by atoms with van der Waals surface area (Å²) in [7, 11) is 0. The van der Waals surface area contributed by atoms with Crippen LogP contribution in [0.15, 0.2) is 42.7 Å². The number of benzene rings is 2. The Morgan fingerprint density at radius 2 is 1.81 bits per heavy atom. The number of ether oxygens (including phenoxy) is 4. The largest absolute Gasteiger partial charge is 0.496 e. The van der Waals surface area contributed by atoms with Crippen LogP contribution in [0.2, 0.25) is 10.0 Å². The number of allylic oxidation sites excluding steroid dienone is 1. The van der Waals surface area contributed by atoms with Gasteiger partial charge in [0, 0.05) is 6.42 Å². The summed E-state index contributed by atoms with van der Waals surface area (Å²) in [5.41, 5.74) is 2.36. The van der Waals surface area contributed by atoms with Gasteiger partial charge in [0.1, 0.15) is 19.3 Å². The summed E-state index contributed by atoms with van der Waals surface area (Å²) in [6.07, 6.45) is 3.69. The van der Waals surface area contributed by atoms with Gasteiger partial charge in [-0.15, -0.1) is 0 Å². The van der Waals surface area contributed by atoms with Gasteiger partial charge in [-0.05, 0) is 48.2 Å². The second-order valence-corrected chi connectivity index (χ2v) is 8.84. The molecule has 0 spiro atoms. The van der Waals surface area contributed by atoms with E-state index in [1.165, 1.54) is 0 Å². The van der Waals surface area contributed by atoms with Crippen molar-refractivity contribution in [3.8, 4) is 11.5 Å². The number of hydrogen-bond donors (Lipinski definition) is 0. The summed E-state index contributed by atoms with van der Waals surface area (Å²) in [6, 6.07) is 11.1.